The number of hydrogen-bond acceptors (Lipinski definition) is 5. The molecule has 1 fully saturated rings. The van der Waals surface area contributed by atoms with Crippen molar-refractivity contribution in [1.29, 1.82) is 0 Å². The van der Waals surface area contributed by atoms with Gasteiger partial charge in [-0.05, 0) is 36.1 Å². The van der Waals surface area contributed by atoms with E-state index in [0.29, 0.717) is 19.4 Å². The molecule has 0 saturated carbocycles. The molecule has 2 heterocycles. The fraction of sp³-hybridized carbons (Fsp3) is 0.400. The zero-order valence-corrected chi connectivity index (χ0v) is 15.9. The molecule has 1 saturated heterocycles. The molecule has 0 radical (unpaired) electrons. The van der Waals surface area contributed by atoms with Gasteiger partial charge in [-0.15, -0.1) is 11.3 Å². The minimum Gasteiger partial charge on any atom is -0.477 e. The number of amides is 1. The Labute approximate surface area is 161 Å². The van der Waals surface area contributed by atoms with Crippen LogP contribution in [0.25, 0.3) is 0 Å². The summed E-state index contributed by atoms with van der Waals surface area (Å²) in [5, 5.41) is 22.1. The lowest BCUT2D eigenvalue weighted by Gasteiger charge is -2.20. The molecule has 3 N–H and O–H groups in total. The molecule has 144 valence electrons. The molecule has 1 amide bonds. The number of aromatic carboxylic acids is 1. The molecular weight excluding hydrogens is 366 g/mol. The molecule has 3 atom stereocenters. The minimum absolute atomic E-state index is 0.0277. The zero-order chi connectivity index (χ0) is 19.4. The highest BCUT2D eigenvalue weighted by Gasteiger charge is 2.25. The Morgan fingerprint density at radius 2 is 1.96 bits per heavy atom. The van der Waals surface area contributed by atoms with Crippen molar-refractivity contribution in [3.63, 3.8) is 0 Å². The summed E-state index contributed by atoms with van der Waals surface area (Å²) in [5.41, 5.74) is 1.71. The Balaban J connectivity index is 1.81. The summed E-state index contributed by atoms with van der Waals surface area (Å²) in [4.78, 5) is 23.7. The van der Waals surface area contributed by atoms with Crippen LogP contribution in [0.4, 0.5) is 0 Å². The molecule has 0 spiro atoms. The van der Waals surface area contributed by atoms with Crippen molar-refractivity contribution in [3.8, 4) is 0 Å². The van der Waals surface area contributed by atoms with Gasteiger partial charge < -0.3 is 20.3 Å². The average molecular weight is 389 g/mol. The zero-order valence-electron chi connectivity index (χ0n) is 15.1. The highest BCUT2D eigenvalue weighted by molar-refractivity contribution is 7.14. The van der Waals surface area contributed by atoms with E-state index in [1.54, 1.807) is 12.1 Å². The van der Waals surface area contributed by atoms with Crippen molar-refractivity contribution in [2.45, 2.75) is 44.4 Å². The lowest BCUT2D eigenvalue weighted by atomic mass is 10.0. The summed E-state index contributed by atoms with van der Waals surface area (Å²) in [5.74, 6) is -0.934. The molecule has 2 aromatic rings. The van der Waals surface area contributed by atoms with Crippen LogP contribution in [0, 0.1) is 0 Å². The van der Waals surface area contributed by atoms with Crippen molar-refractivity contribution in [2.75, 3.05) is 6.61 Å². The van der Waals surface area contributed by atoms with Gasteiger partial charge in [0.25, 0.3) is 0 Å². The topological polar surface area (TPSA) is 95.9 Å². The summed E-state index contributed by atoms with van der Waals surface area (Å²) < 4.78 is 6.11. The summed E-state index contributed by atoms with van der Waals surface area (Å²) in [6, 6.07) is 10.8. The maximum absolute atomic E-state index is 11.4. The van der Waals surface area contributed by atoms with Gasteiger partial charge in [0.05, 0.1) is 18.8 Å². The summed E-state index contributed by atoms with van der Waals surface area (Å²) in [6.45, 7) is 2.27. The molecular formula is C20H23NO5S. The highest BCUT2D eigenvalue weighted by atomic mass is 32.1. The Bertz CT molecular complexity index is 801. The van der Waals surface area contributed by atoms with E-state index in [-0.39, 0.29) is 16.8 Å². The minimum atomic E-state index is -0.963. The summed E-state index contributed by atoms with van der Waals surface area (Å²) in [7, 11) is 0. The van der Waals surface area contributed by atoms with Crippen molar-refractivity contribution in [3.05, 3.63) is 57.3 Å². The molecule has 1 aromatic carbocycles. The van der Waals surface area contributed by atoms with Gasteiger partial charge >= 0.3 is 5.97 Å². The van der Waals surface area contributed by atoms with Gasteiger partial charge in [0.1, 0.15) is 11.0 Å². The van der Waals surface area contributed by atoms with Gasteiger partial charge in [0.15, 0.2) is 0 Å². The van der Waals surface area contributed by atoms with Crippen LogP contribution in [0.3, 0.4) is 0 Å². The number of carbonyl (C=O) groups excluding carboxylic acids is 1. The van der Waals surface area contributed by atoms with Crippen molar-refractivity contribution in [1.82, 2.24) is 5.32 Å². The van der Waals surface area contributed by atoms with Crippen molar-refractivity contribution >= 4 is 23.2 Å². The maximum Gasteiger partial charge on any atom is 0.345 e. The molecule has 0 bridgehead atoms. The number of benzene rings is 1. The van der Waals surface area contributed by atoms with Gasteiger partial charge in [-0.3, -0.25) is 4.79 Å². The van der Waals surface area contributed by atoms with Crippen LogP contribution in [0.5, 0.6) is 0 Å². The largest absolute Gasteiger partial charge is 0.477 e. The van der Waals surface area contributed by atoms with Crippen LogP contribution in [0.15, 0.2) is 36.4 Å². The summed E-state index contributed by atoms with van der Waals surface area (Å²) >= 11 is 1.18. The lowest BCUT2D eigenvalue weighted by Crippen LogP contribution is -2.30. The number of thiophene rings is 1. The first-order chi connectivity index (χ1) is 13.0. The first-order valence-corrected chi connectivity index (χ1v) is 9.81. The number of rotatable bonds is 8. The van der Waals surface area contributed by atoms with Crippen LogP contribution < -0.4 is 5.32 Å². The number of nitrogens with one attached hydrogen (secondary N) is 1. The third-order valence-electron chi connectivity index (χ3n) is 4.66. The van der Waals surface area contributed by atoms with E-state index in [1.165, 1.54) is 11.3 Å². The van der Waals surface area contributed by atoms with E-state index in [1.807, 2.05) is 31.2 Å². The fourth-order valence-electron chi connectivity index (χ4n) is 3.09. The SMILES string of the molecule is CCC(O)c1ccc(C(OCC2CCC(=O)N2)c2ccc(C(=O)O)s2)cc1. The number of carbonyl (C=O) groups is 2. The van der Waals surface area contributed by atoms with E-state index < -0.39 is 18.2 Å². The predicted molar refractivity (Wildman–Crippen MR) is 102 cm³/mol. The second kappa shape index (κ2) is 8.65. The number of aliphatic hydroxyl groups excluding tert-OH is 1. The second-order valence-corrected chi connectivity index (χ2v) is 7.73. The standard InChI is InChI=1S/C20H23NO5S/c1-2-15(22)12-3-5-13(6-4-12)19(16-8-9-17(27-16)20(24)25)26-11-14-7-10-18(23)21-14/h3-6,8-9,14-15,19,22H,2,7,10-11H2,1H3,(H,21,23)(H,24,25). The van der Waals surface area contributed by atoms with Crippen LogP contribution in [0.2, 0.25) is 0 Å². The second-order valence-electron chi connectivity index (χ2n) is 6.61. The molecule has 6 nitrogen and oxygen atoms in total. The van der Waals surface area contributed by atoms with Crippen LogP contribution in [-0.4, -0.2) is 34.7 Å². The van der Waals surface area contributed by atoms with E-state index in [9.17, 15) is 19.8 Å². The molecule has 3 rings (SSSR count). The Hall–Kier alpha value is -2.22. The molecule has 27 heavy (non-hydrogen) atoms. The number of hydrogen-bond donors (Lipinski definition) is 3. The number of carboxylic acid groups (broad SMARTS) is 1. The van der Waals surface area contributed by atoms with Gasteiger partial charge in [-0.1, -0.05) is 31.2 Å². The Kier molecular flexibility index (Phi) is 6.26. The van der Waals surface area contributed by atoms with Crippen LogP contribution >= 0.6 is 11.3 Å². The molecule has 3 unspecified atom stereocenters. The van der Waals surface area contributed by atoms with Crippen molar-refractivity contribution < 1.29 is 24.5 Å². The quantitative estimate of drug-likeness (QED) is 0.644. The third kappa shape index (κ3) is 4.74. The molecule has 1 aliphatic heterocycles. The smallest absolute Gasteiger partial charge is 0.345 e. The molecule has 0 aliphatic carbocycles. The number of carboxylic acids is 1. The third-order valence-corrected chi connectivity index (χ3v) is 5.77. The van der Waals surface area contributed by atoms with E-state index in [4.69, 9.17) is 4.74 Å². The van der Waals surface area contributed by atoms with Crippen molar-refractivity contribution in [2.24, 2.45) is 0 Å². The number of ether oxygens (including phenoxy) is 1. The molecule has 1 aromatic heterocycles. The predicted octanol–water partition coefficient (Wildman–Crippen LogP) is 3.27. The highest BCUT2D eigenvalue weighted by Crippen LogP contribution is 2.33. The normalized spacial score (nSPS) is 18.9. The van der Waals surface area contributed by atoms with Gasteiger partial charge in [-0.25, -0.2) is 4.79 Å². The average Bonchev–Trinajstić information content (AvgIpc) is 3.31. The van der Waals surface area contributed by atoms with Gasteiger partial charge in [0.2, 0.25) is 5.91 Å². The molecule has 1 aliphatic rings. The van der Waals surface area contributed by atoms with Gasteiger partial charge in [-0.2, -0.15) is 0 Å². The number of aliphatic hydroxyl groups is 1. The van der Waals surface area contributed by atoms with E-state index >= 15 is 0 Å². The Morgan fingerprint density at radius 3 is 2.52 bits per heavy atom. The monoisotopic (exact) mass is 389 g/mol. The fourth-order valence-corrected chi connectivity index (χ4v) is 4.02. The first kappa shape index (κ1) is 19.5. The van der Waals surface area contributed by atoms with Gasteiger partial charge in [0, 0.05) is 11.3 Å². The van der Waals surface area contributed by atoms with Crippen LogP contribution in [-0.2, 0) is 9.53 Å². The van der Waals surface area contributed by atoms with E-state index in [0.717, 1.165) is 22.4 Å². The maximum atomic E-state index is 11.4. The first-order valence-electron chi connectivity index (χ1n) is 8.99. The lowest BCUT2D eigenvalue weighted by molar-refractivity contribution is -0.119. The summed E-state index contributed by atoms with van der Waals surface area (Å²) in [6.07, 6.45) is 0.941. The Morgan fingerprint density at radius 1 is 1.26 bits per heavy atom. The van der Waals surface area contributed by atoms with E-state index in [2.05, 4.69) is 5.32 Å². The van der Waals surface area contributed by atoms with Crippen LogP contribution in [0.1, 0.15) is 64.1 Å². The molecule has 7 heteroatoms.